The van der Waals surface area contributed by atoms with Gasteiger partial charge in [0.15, 0.2) is 5.78 Å². The fraction of sp³-hybridized carbons (Fsp3) is 0.381. The van der Waals surface area contributed by atoms with Gasteiger partial charge < -0.3 is 29.7 Å². The van der Waals surface area contributed by atoms with Gasteiger partial charge in [0.2, 0.25) is 17.7 Å². The van der Waals surface area contributed by atoms with Crippen molar-refractivity contribution in [3.05, 3.63) is 115 Å². The molecule has 56 heavy (non-hydrogen) atoms. The SMILES string of the molecule is CCCCC(=O)NCCOCCOCCOCCC(=O)NC(Cc1ccccc1)C(=O)N1C/C(=C\c2ccc(Cl)c(Cl)c2)C(=O)/C(=C/c2ccc(Cl)c(Cl)c2)C1. The van der Waals surface area contributed by atoms with E-state index in [9.17, 15) is 19.2 Å². The van der Waals surface area contributed by atoms with Gasteiger partial charge in [-0.05, 0) is 59.5 Å². The number of benzene rings is 3. The maximum absolute atomic E-state index is 14.4. The van der Waals surface area contributed by atoms with Crippen LogP contribution in [-0.4, -0.2) is 93.7 Å². The maximum atomic E-state index is 14.4. The van der Waals surface area contributed by atoms with E-state index in [1.807, 2.05) is 37.3 Å². The Morgan fingerprint density at radius 2 is 1.27 bits per heavy atom. The van der Waals surface area contributed by atoms with E-state index in [0.717, 1.165) is 18.4 Å². The predicted octanol–water partition coefficient (Wildman–Crippen LogP) is 7.65. The van der Waals surface area contributed by atoms with E-state index in [1.165, 1.54) is 0 Å². The Kier molecular flexibility index (Phi) is 19.4. The van der Waals surface area contributed by atoms with Crippen LogP contribution in [0.5, 0.6) is 0 Å². The Morgan fingerprint density at radius 1 is 0.714 bits per heavy atom. The number of rotatable bonds is 21. The molecule has 0 aromatic heterocycles. The Balaban J connectivity index is 1.36. The van der Waals surface area contributed by atoms with Crippen molar-refractivity contribution in [2.24, 2.45) is 0 Å². The topological polar surface area (TPSA) is 123 Å². The van der Waals surface area contributed by atoms with Crippen molar-refractivity contribution in [3.63, 3.8) is 0 Å². The predicted molar refractivity (Wildman–Crippen MR) is 222 cm³/mol. The van der Waals surface area contributed by atoms with Crippen LogP contribution in [0.3, 0.4) is 0 Å². The zero-order chi connectivity index (χ0) is 40.3. The molecule has 3 amide bonds. The highest BCUT2D eigenvalue weighted by atomic mass is 35.5. The molecule has 4 rings (SSSR count). The summed E-state index contributed by atoms with van der Waals surface area (Å²) in [5.41, 5.74) is 2.84. The number of nitrogens with one attached hydrogen (secondary N) is 2. The largest absolute Gasteiger partial charge is 0.379 e. The highest BCUT2D eigenvalue weighted by Crippen LogP contribution is 2.28. The van der Waals surface area contributed by atoms with Crippen molar-refractivity contribution in [1.82, 2.24) is 15.5 Å². The summed E-state index contributed by atoms with van der Waals surface area (Å²) in [7, 11) is 0. The minimum Gasteiger partial charge on any atom is -0.379 e. The van der Waals surface area contributed by atoms with Crippen LogP contribution in [-0.2, 0) is 39.8 Å². The molecule has 1 heterocycles. The molecule has 1 aliphatic heterocycles. The molecule has 1 saturated heterocycles. The summed E-state index contributed by atoms with van der Waals surface area (Å²) in [6.07, 6.45) is 6.00. The molecule has 1 unspecified atom stereocenters. The molecular formula is C42H47Cl4N3O7. The second-order valence-electron chi connectivity index (χ2n) is 13.1. The number of ketones is 1. The van der Waals surface area contributed by atoms with Crippen molar-refractivity contribution in [2.75, 3.05) is 59.3 Å². The van der Waals surface area contributed by atoms with E-state index in [4.69, 9.17) is 60.6 Å². The highest BCUT2D eigenvalue weighted by Gasteiger charge is 2.33. The number of amides is 3. The lowest BCUT2D eigenvalue weighted by Gasteiger charge is -2.33. The van der Waals surface area contributed by atoms with E-state index in [2.05, 4.69) is 10.6 Å². The van der Waals surface area contributed by atoms with Crippen LogP contribution in [0, 0.1) is 0 Å². The van der Waals surface area contributed by atoms with Crippen LogP contribution in [0.15, 0.2) is 77.9 Å². The fourth-order valence-corrected chi connectivity index (χ4v) is 6.35. The Hall–Kier alpha value is -3.74. The summed E-state index contributed by atoms with van der Waals surface area (Å²) in [4.78, 5) is 54.6. The lowest BCUT2D eigenvalue weighted by atomic mass is 9.93. The summed E-state index contributed by atoms with van der Waals surface area (Å²) in [6, 6.07) is 18.5. The average Bonchev–Trinajstić information content (AvgIpc) is 3.18. The molecule has 14 heteroatoms. The van der Waals surface area contributed by atoms with E-state index < -0.39 is 6.04 Å². The van der Waals surface area contributed by atoms with Crippen LogP contribution < -0.4 is 10.6 Å². The molecule has 300 valence electrons. The van der Waals surface area contributed by atoms with Gasteiger partial charge in [-0.15, -0.1) is 0 Å². The number of ether oxygens (including phenoxy) is 3. The molecule has 1 atom stereocenters. The first-order chi connectivity index (χ1) is 27.0. The molecule has 0 aliphatic carbocycles. The first kappa shape index (κ1) is 45.0. The molecule has 0 radical (unpaired) electrons. The molecule has 0 saturated carbocycles. The van der Waals surface area contributed by atoms with Crippen molar-refractivity contribution >= 4 is 82.1 Å². The molecule has 1 fully saturated rings. The lowest BCUT2D eigenvalue weighted by Crippen LogP contribution is -2.52. The number of hydrogen-bond donors (Lipinski definition) is 2. The van der Waals surface area contributed by atoms with E-state index >= 15 is 0 Å². The number of piperidine rings is 1. The third-order valence-electron chi connectivity index (χ3n) is 8.65. The minimum atomic E-state index is -0.927. The summed E-state index contributed by atoms with van der Waals surface area (Å²) >= 11 is 24.8. The van der Waals surface area contributed by atoms with Gasteiger partial charge in [0.05, 0.1) is 59.7 Å². The van der Waals surface area contributed by atoms with Gasteiger partial charge in [-0.25, -0.2) is 0 Å². The van der Waals surface area contributed by atoms with Crippen LogP contribution in [0.2, 0.25) is 20.1 Å². The van der Waals surface area contributed by atoms with E-state index in [0.29, 0.717) is 81.8 Å². The summed E-state index contributed by atoms with van der Waals surface area (Å²) in [5, 5.41) is 7.13. The number of carbonyl (C=O) groups is 4. The van der Waals surface area contributed by atoms with Gasteiger partial charge in [-0.1, -0.05) is 102 Å². The molecule has 0 bridgehead atoms. The number of carbonyl (C=O) groups excluding carboxylic acids is 4. The van der Waals surface area contributed by atoms with Crippen molar-refractivity contribution in [2.45, 2.75) is 45.1 Å². The number of hydrogen-bond acceptors (Lipinski definition) is 7. The molecule has 10 nitrogen and oxygen atoms in total. The second kappa shape index (κ2) is 24.1. The Bertz CT molecular complexity index is 1780. The molecular weight excluding hydrogens is 800 g/mol. The van der Waals surface area contributed by atoms with Gasteiger partial charge in [0.1, 0.15) is 6.04 Å². The summed E-state index contributed by atoms with van der Waals surface area (Å²) in [5.74, 6) is -0.929. The lowest BCUT2D eigenvalue weighted by molar-refractivity contribution is -0.136. The van der Waals surface area contributed by atoms with Crippen LogP contribution in [0.4, 0.5) is 0 Å². The maximum Gasteiger partial charge on any atom is 0.246 e. The summed E-state index contributed by atoms with van der Waals surface area (Å²) < 4.78 is 16.6. The first-order valence-electron chi connectivity index (χ1n) is 18.5. The van der Waals surface area contributed by atoms with E-state index in [1.54, 1.807) is 53.5 Å². The minimum absolute atomic E-state index is 0.00154. The number of Topliss-reactive ketones (excluding diaryl/α,β-unsaturated/α-hetero) is 1. The number of likely N-dealkylation sites (tertiary alicyclic amines) is 1. The van der Waals surface area contributed by atoms with Crippen molar-refractivity contribution in [1.29, 1.82) is 0 Å². The number of nitrogens with zero attached hydrogens (tertiary/aromatic N) is 1. The highest BCUT2D eigenvalue weighted by molar-refractivity contribution is 6.42. The first-order valence-corrected chi connectivity index (χ1v) is 20.0. The Morgan fingerprint density at radius 3 is 1.82 bits per heavy atom. The van der Waals surface area contributed by atoms with Crippen LogP contribution >= 0.6 is 46.4 Å². The van der Waals surface area contributed by atoms with Crippen LogP contribution in [0.25, 0.3) is 12.2 Å². The van der Waals surface area contributed by atoms with Gasteiger partial charge in [0.25, 0.3) is 0 Å². The normalized spacial score (nSPS) is 14.9. The quantitative estimate of drug-likeness (QED) is 0.0835. The average molecular weight is 848 g/mol. The molecule has 3 aromatic rings. The molecule has 3 aromatic carbocycles. The molecule has 2 N–H and O–H groups in total. The standard InChI is InChI=1S/C42H47Cl4N3O7/c1-2-3-9-39(50)47-15-17-55-19-21-56-20-18-54-16-14-40(51)48-38(26-29-7-5-4-6-8-29)42(53)49-27-32(22-30-10-12-34(43)36(45)24-30)41(52)33(28-49)23-31-11-13-35(44)37(46)25-31/h4-8,10-13,22-25,38H,2-3,9,14-21,26-28H2,1H3,(H,47,50)(H,48,51)/b32-22+,33-23+. The zero-order valence-corrected chi connectivity index (χ0v) is 34.3. The monoisotopic (exact) mass is 845 g/mol. The third kappa shape index (κ3) is 15.3. The van der Waals surface area contributed by atoms with Crippen molar-refractivity contribution < 1.29 is 33.4 Å². The smallest absolute Gasteiger partial charge is 0.246 e. The van der Waals surface area contributed by atoms with Gasteiger partial charge in [-0.3, -0.25) is 19.2 Å². The van der Waals surface area contributed by atoms with Crippen molar-refractivity contribution in [3.8, 4) is 0 Å². The zero-order valence-electron chi connectivity index (χ0n) is 31.3. The van der Waals surface area contributed by atoms with Gasteiger partial charge >= 0.3 is 0 Å². The molecule has 0 spiro atoms. The summed E-state index contributed by atoms with van der Waals surface area (Å²) in [6.45, 7) is 4.38. The van der Waals surface area contributed by atoms with Crippen LogP contribution in [0.1, 0.15) is 49.3 Å². The second-order valence-corrected chi connectivity index (χ2v) is 14.7. The number of halogens is 4. The van der Waals surface area contributed by atoms with E-state index in [-0.39, 0.29) is 62.6 Å². The molecule has 1 aliphatic rings. The number of unbranched alkanes of at least 4 members (excludes halogenated alkanes) is 1. The Labute approximate surface area is 348 Å². The van der Waals surface area contributed by atoms with Gasteiger partial charge in [-0.2, -0.15) is 0 Å². The van der Waals surface area contributed by atoms with Gasteiger partial charge in [0, 0.05) is 50.0 Å². The fourth-order valence-electron chi connectivity index (χ4n) is 5.73. The third-order valence-corrected chi connectivity index (χ3v) is 10.1.